The van der Waals surface area contributed by atoms with Crippen molar-refractivity contribution in [2.45, 2.75) is 25.3 Å². The summed E-state index contributed by atoms with van der Waals surface area (Å²) in [5.41, 5.74) is 6.35. The summed E-state index contributed by atoms with van der Waals surface area (Å²) in [4.78, 5) is 0. The minimum Gasteiger partial charge on any atom is -0.327 e. The van der Waals surface area contributed by atoms with Crippen LogP contribution in [0.5, 0.6) is 0 Å². The Morgan fingerprint density at radius 2 is 2.33 bits per heavy atom. The molecule has 2 nitrogen and oxygen atoms in total. The molecule has 1 spiro atoms. The van der Waals surface area contributed by atoms with Crippen LogP contribution in [0.3, 0.4) is 0 Å². The molecule has 2 fully saturated rings. The summed E-state index contributed by atoms with van der Waals surface area (Å²) >= 11 is 0. The topological polar surface area (TPSA) is 38.0 Å². The molecule has 2 rings (SSSR count). The summed E-state index contributed by atoms with van der Waals surface area (Å²) in [5, 5.41) is 3.39. The Bertz CT molecular complexity index is 116. The SMILES string of the molecule is N[C@H]1CC12CCCNC2. The lowest BCUT2D eigenvalue weighted by molar-refractivity contribution is 0.347. The third-order valence-corrected chi connectivity index (χ3v) is 2.76. The largest absolute Gasteiger partial charge is 0.327 e. The van der Waals surface area contributed by atoms with E-state index >= 15 is 0 Å². The molecular weight excluding hydrogens is 112 g/mol. The lowest BCUT2D eigenvalue weighted by Gasteiger charge is -2.22. The van der Waals surface area contributed by atoms with Gasteiger partial charge in [0.1, 0.15) is 0 Å². The first-order valence-corrected chi connectivity index (χ1v) is 3.80. The molecule has 2 heteroatoms. The van der Waals surface area contributed by atoms with E-state index in [0.717, 1.165) is 0 Å². The molecule has 1 aliphatic heterocycles. The second kappa shape index (κ2) is 1.70. The number of nitrogens with two attached hydrogens (primary N) is 1. The molecule has 0 bridgehead atoms. The summed E-state index contributed by atoms with van der Waals surface area (Å²) in [6.07, 6.45) is 3.95. The highest BCUT2D eigenvalue weighted by atomic mass is 15.0. The smallest absolute Gasteiger partial charge is 0.0115 e. The zero-order valence-electron chi connectivity index (χ0n) is 5.69. The van der Waals surface area contributed by atoms with Gasteiger partial charge in [0.25, 0.3) is 0 Å². The van der Waals surface area contributed by atoms with Gasteiger partial charge < -0.3 is 11.1 Å². The third kappa shape index (κ3) is 0.775. The predicted molar refractivity (Wildman–Crippen MR) is 37.1 cm³/mol. The van der Waals surface area contributed by atoms with E-state index < -0.39 is 0 Å². The number of nitrogens with one attached hydrogen (secondary N) is 1. The quantitative estimate of drug-likeness (QED) is 0.482. The van der Waals surface area contributed by atoms with Gasteiger partial charge in [-0.2, -0.15) is 0 Å². The molecule has 0 aromatic heterocycles. The number of piperidine rings is 1. The summed E-state index contributed by atoms with van der Waals surface area (Å²) in [6, 6.07) is 0.519. The zero-order chi connectivity index (χ0) is 6.32. The maximum absolute atomic E-state index is 5.79. The van der Waals surface area contributed by atoms with Gasteiger partial charge in [-0.1, -0.05) is 0 Å². The van der Waals surface area contributed by atoms with Gasteiger partial charge in [-0.25, -0.2) is 0 Å². The Labute approximate surface area is 55.8 Å². The average molecular weight is 126 g/mol. The number of hydrogen-bond donors (Lipinski definition) is 2. The minimum atomic E-state index is 0.519. The fourth-order valence-electron chi connectivity index (χ4n) is 1.86. The maximum Gasteiger partial charge on any atom is 0.0115 e. The molecule has 1 heterocycles. The monoisotopic (exact) mass is 126 g/mol. The predicted octanol–water partition coefficient (Wildman–Crippen LogP) is 0.0872. The van der Waals surface area contributed by atoms with Gasteiger partial charge in [0.15, 0.2) is 0 Å². The van der Waals surface area contributed by atoms with Crippen LogP contribution in [0, 0.1) is 5.41 Å². The molecular formula is C7H14N2. The fraction of sp³-hybridized carbons (Fsp3) is 1.00. The molecule has 0 amide bonds. The zero-order valence-corrected chi connectivity index (χ0v) is 5.69. The first-order valence-electron chi connectivity index (χ1n) is 3.80. The normalized spacial score (nSPS) is 49.7. The lowest BCUT2D eigenvalue weighted by atomic mass is 9.96. The standard InChI is InChI=1S/C7H14N2/c8-6-4-7(6)2-1-3-9-5-7/h6,9H,1-5,8H2/t6-,7?/m0/s1. The van der Waals surface area contributed by atoms with Gasteiger partial charge in [0, 0.05) is 12.6 Å². The van der Waals surface area contributed by atoms with Crippen LogP contribution in [0.4, 0.5) is 0 Å². The van der Waals surface area contributed by atoms with Crippen molar-refractivity contribution >= 4 is 0 Å². The second-order valence-electron chi connectivity index (χ2n) is 3.45. The molecule has 2 aliphatic rings. The molecule has 0 aromatic carbocycles. The molecule has 1 saturated heterocycles. The van der Waals surface area contributed by atoms with Crippen molar-refractivity contribution in [2.75, 3.05) is 13.1 Å². The molecule has 3 N–H and O–H groups in total. The highest BCUT2D eigenvalue weighted by Crippen LogP contribution is 2.48. The summed E-state index contributed by atoms with van der Waals surface area (Å²) in [5.74, 6) is 0. The Hall–Kier alpha value is -0.0800. The average Bonchev–Trinajstić information content (AvgIpc) is 2.44. The van der Waals surface area contributed by atoms with Gasteiger partial charge >= 0.3 is 0 Å². The van der Waals surface area contributed by atoms with E-state index in [1.807, 2.05) is 0 Å². The first kappa shape index (κ1) is 5.69. The highest BCUT2D eigenvalue weighted by molar-refractivity contribution is 5.08. The van der Waals surface area contributed by atoms with Crippen molar-refractivity contribution in [3.8, 4) is 0 Å². The van der Waals surface area contributed by atoms with Crippen LogP contribution in [0.2, 0.25) is 0 Å². The van der Waals surface area contributed by atoms with Gasteiger partial charge in [0.2, 0.25) is 0 Å². The van der Waals surface area contributed by atoms with Crippen LogP contribution in [0.25, 0.3) is 0 Å². The van der Waals surface area contributed by atoms with Crippen molar-refractivity contribution in [1.29, 1.82) is 0 Å². The van der Waals surface area contributed by atoms with Crippen LogP contribution in [-0.4, -0.2) is 19.1 Å². The maximum atomic E-state index is 5.79. The van der Waals surface area contributed by atoms with Crippen molar-refractivity contribution < 1.29 is 0 Å². The van der Waals surface area contributed by atoms with E-state index in [1.54, 1.807) is 0 Å². The van der Waals surface area contributed by atoms with E-state index in [4.69, 9.17) is 5.73 Å². The summed E-state index contributed by atoms with van der Waals surface area (Å²) < 4.78 is 0. The molecule has 1 saturated carbocycles. The van der Waals surface area contributed by atoms with Gasteiger partial charge in [-0.05, 0) is 31.2 Å². The molecule has 1 unspecified atom stereocenters. The second-order valence-corrected chi connectivity index (χ2v) is 3.45. The van der Waals surface area contributed by atoms with E-state index in [0.29, 0.717) is 11.5 Å². The summed E-state index contributed by atoms with van der Waals surface area (Å²) in [6.45, 7) is 2.38. The Morgan fingerprint density at radius 3 is 2.67 bits per heavy atom. The van der Waals surface area contributed by atoms with Crippen LogP contribution in [0.1, 0.15) is 19.3 Å². The fourth-order valence-corrected chi connectivity index (χ4v) is 1.86. The Kier molecular flexibility index (Phi) is 1.08. The molecule has 0 aromatic rings. The van der Waals surface area contributed by atoms with Crippen LogP contribution in [0.15, 0.2) is 0 Å². The molecule has 0 radical (unpaired) electrons. The molecule has 9 heavy (non-hydrogen) atoms. The van der Waals surface area contributed by atoms with Crippen LogP contribution < -0.4 is 11.1 Å². The number of hydrogen-bond acceptors (Lipinski definition) is 2. The van der Waals surface area contributed by atoms with Gasteiger partial charge in [-0.3, -0.25) is 0 Å². The Balaban J connectivity index is 1.97. The van der Waals surface area contributed by atoms with Gasteiger partial charge in [0.05, 0.1) is 0 Å². The minimum absolute atomic E-state index is 0.519. The lowest BCUT2D eigenvalue weighted by Crippen LogP contribution is -2.34. The van der Waals surface area contributed by atoms with Crippen LogP contribution in [-0.2, 0) is 0 Å². The summed E-state index contributed by atoms with van der Waals surface area (Å²) in [7, 11) is 0. The number of rotatable bonds is 0. The molecule has 2 atom stereocenters. The van der Waals surface area contributed by atoms with Crippen LogP contribution >= 0.6 is 0 Å². The van der Waals surface area contributed by atoms with E-state index in [2.05, 4.69) is 5.32 Å². The van der Waals surface area contributed by atoms with Crippen molar-refractivity contribution in [1.82, 2.24) is 5.32 Å². The highest BCUT2D eigenvalue weighted by Gasteiger charge is 2.51. The first-order chi connectivity index (χ1) is 4.33. The van der Waals surface area contributed by atoms with E-state index in [9.17, 15) is 0 Å². The Morgan fingerprint density at radius 1 is 1.56 bits per heavy atom. The molecule has 1 aliphatic carbocycles. The van der Waals surface area contributed by atoms with Crippen molar-refractivity contribution in [3.63, 3.8) is 0 Å². The third-order valence-electron chi connectivity index (χ3n) is 2.76. The molecule has 52 valence electrons. The van der Waals surface area contributed by atoms with E-state index in [1.165, 1.54) is 32.4 Å². The van der Waals surface area contributed by atoms with Gasteiger partial charge in [-0.15, -0.1) is 0 Å². The van der Waals surface area contributed by atoms with Crippen molar-refractivity contribution in [2.24, 2.45) is 11.1 Å². The van der Waals surface area contributed by atoms with Crippen molar-refractivity contribution in [3.05, 3.63) is 0 Å². The van der Waals surface area contributed by atoms with E-state index in [-0.39, 0.29) is 0 Å².